The molecule has 1 amide bonds. The average Bonchev–Trinajstić information content (AvgIpc) is 2.25. The lowest BCUT2D eigenvalue weighted by molar-refractivity contribution is -0.136. The van der Waals surface area contributed by atoms with Crippen LogP contribution in [0.2, 0.25) is 0 Å². The summed E-state index contributed by atoms with van der Waals surface area (Å²) in [4.78, 5) is 14.0. The summed E-state index contributed by atoms with van der Waals surface area (Å²) < 4.78 is 0. The molecule has 17 heavy (non-hydrogen) atoms. The van der Waals surface area contributed by atoms with E-state index >= 15 is 0 Å². The van der Waals surface area contributed by atoms with E-state index in [0.717, 1.165) is 19.3 Å². The van der Waals surface area contributed by atoms with Crippen LogP contribution in [0.15, 0.2) is 0 Å². The van der Waals surface area contributed by atoms with Gasteiger partial charge >= 0.3 is 0 Å². The van der Waals surface area contributed by atoms with Crippen LogP contribution >= 0.6 is 0 Å². The molecule has 0 radical (unpaired) electrons. The third kappa shape index (κ3) is 6.06. The Morgan fingerprint density at radius 1 is 1.12 bits per heavy atom. The second-order valence-corrected chi connectivity index (χ2v) is 5.74. The molecule has 0 bridgehead atoms. The van der Waals surface area contributed by atoms with E-state index in [2.05, 4.69) is 20.8 Å². The maximum atomic E-state index is 12.2. The first-order valence-electron chi connectivity index (χ1n) is 6.79. The zero-order chi connectivity index (χ0) is 13.6. The number of hydrogen-bond donors (Lipinski definition) is 1. The van der Waals surface area contributed by atoms with Crippen LogP contribution in [0.1, 0.15) is 53.9 Å². The molecule has 3 atom stereocenters. The lowest BCUT2D eigenvalue weighted by Crippen LogP contribution is -2.41. The Morgan fingerprint density at radius 3 is 2.06 bits per heavy atom. The molecular weight excluding hydrogens is 212 g/mol. The monoisotopic (exact) mass is 242 g/mol. The third-order valence-electron chi connectivity index (χ3n) is 3.64. The predicted octanol–water partition coefficient (Wildman–Crippen LogP) is 2.64. The summed E-state index contributed by atoms with van der Waals surface area (Å²) in [6, 6.07) is 0.544. The Kier molecular flexibility index (Phi) is 7.44. The molecule has 0 aliphatic carbocycles. The summed E-state index contributed by atoms with van der Waals surface area (Å²) in [5, 5.41) is 0. The lowest BCUT2D eigenvalue weighted by atomic mass is 9.98. The number of carbonyl (C=O) groups is 1. The first kappa shape index (κ1) is 16.4. The van der Waals surface area contributed by atoms with Gasteiger partial charge in [-0.25, -0.2) is 0 Å². The Balaban J connectivity index is 4.11. The fourth-order valence-corrected chi connectivity index (χ4v) is 1.87. The minimum absolute atomic E-state index is 0.111. The van der Waals surface area contributed by atoms with E-state index in [-0.39, 0.29) is 17.9 Å². The Hall–Kier alpha value is -0.570. The molecule has 0 spiro atoms. The normalized spacial score (nSPS) is 16.7. The van der Waals surface area contributed by atoms with Crippen molar-refractivity contribution in [2.75, 3.05) is 7.05 Å². The van der Waals surface area contributed by atoms with Gasteiger partial charge in [0, 0.05) is 25.0 Å². The van der Waals surface area contributed by atoms with Crippen LogP contribution in [-0.4, -0.2) is 29.9 Å². The van der Waals surface area contributed by atoms with Crippen LogP contribution in [0.3, 0.4) is 0 Å². The highest BCUT2D eigenvalue weighted by Crippen LogP contribution is 2.16. The van der Waals surface area contributed by atoms with E-state index in [1.807, 2.05) is 25.8 Å². The van der Waals surface area contributed by atoms with Crippen molar-refractivity contribution in [3.8, 4) is 0 Å². The van der Waals surface area contributed by atoms with Gasteiger partial charge in [0.1, 0.15) is 0 Å². The second kappa shape index (κ2) is 7.70. The van der Waals surface area contributed by atoms with Gasteiger partial charge in [-0.1, -0.05) is 27.2 Å². The molecule has 3 nitrogen and oxygen atoms in total. The number of nitrogens with zero attached hydrogens (tertiary/aromatic N) is 1. The van der Waals surface area contributed by atoms with Gasteiger partial charge in [0.25, 0.3) is 0 Å². The van der Waals surface area contributed by atoms with Gasteiger partial charge in [0.2, 0.25) is 5.91 Å². The highest BCUT2D eigenvalue weighted by molar-refractivity contribution is 5.78. The summed E-state index contributed by atoms with van der Waals surface area (Å²) in [6.07, 6.45) is 2.98. The van der Waals surface area contributed by atoms with E-state index in [9.17, 15) is 4.79 Å². The molecule has 0 heterocycles. The first-order valence-corrected chi connectivity index (χ1v) is 6.79. The van der Waals surface area contributed by atoms with Crippen LogP contribution in [0.5, 0.6) is 0 Å². The van der Waals surface area contributed by atoms with Crippen molar-refractivity contribution in [2.45, 2.75) is 66.0 Å². The molecule has 102 valence electrons. The fraction of sp³-hybridized carbons (Fsp3) is 0.929. The van der Waals surface area contributed by atoms with Crippen molar-refractivity contribution in [3.63, 3.8) is 0 Å². The van der Waals surface area contributed by atoms with Gasteiger partial charge in [-0.3, -0.25) is 4.79 Å². The molecule has 3 heteroatoms. The standard InChI is InChI=1S/C14H30N2O/c1-10(2)13(5)16(6)14(17)11(3)8-7-9-12(4)15/h10-13H,7-9,15H2,1-6H3. The van der Waals surface area contributed by atoms with E-state index in [1.165, 1.54) is 0 Å². The molecule has 3 unspecified atom stereocenters. The van der Waals surface area contributed by atoms with Crippen LogP contribution in [-0.2, 0) is 4.79 Å². The minimum atomic E-state index is 0.111. The van der Waals surface area contributed by atoms with Crippen LogP contribution in [0.25, 0.3) is 0 Å². The summed E-state index contributed by atoms with van der Waals surface area (Å²) in [7, 11) is 1.91. The summed E-state index contributed by atoms with van der Waals surface area (Å²) in [5.74, 6) is 0.871. The number of amides is 1. The maximum absolute atomic E-state index is 12.2. The summed E-state index contributed by atoms with van der Waals surface area (Å²) in [5.41, 5.74) is 5.71. The van der Waals surface area contributed by atoms with E-state index in [4.69, 9.17) is 5.73 Å². The van der Waals surface area contributed by atoms with Crippen molar-refractivity contribution < 1.29 is 4.79 Å². The van der Waals surface area contributed by atoms with Crippen LogP contribution in [0.4, 0.5) is 0 Å². The Bertz CT molecular complexity index is 226. The molecule has 0 aromatic carbocycles. The summed E-state index contributed by atoms with van der Waals surface area (Å²) in [6.45, 7) is 10.4. The lowest BCUT2D eigenvalue weighted by Gasteiger charge is -2.30. The molecule has 0 aliphatic heterocycles. The van der Waals surface area contributed by atoms with E-state index in [0.29, 0.717) is 12.0 Å². The molecular formula is C14H30N2O. The van der Waals surface area contributed by atoms with E-state index in [1.54, 1.807) is 0 Å². The number of carbonyl (C=O) groups excluding carboxylic acids is 1. The smallest absolute Gasteiger partial charge is 0.225 e. The van der Waals surface area contributed by atoms with Crippen LogP contribution < -0.4 is 5.73 Å². The fourth-order valence-electron chi connectivity index (χ4n) is 1.87. The maximum Gasteiger partial charge on any atom is 0.225 e. The van der Waals surface area contributed by atoms with Crippen molar-refractivity contribution in [2.24, 2.45) is 17.6 Å². The molecule has 0 saturated heterocycles. The average molecular weight is 242 g/mol. The van der Waals surface area contributed by atoms with Gasteiger partial charge in [0.05, 0.1) is 0 Å². The van der Waals surface area contributed by atoms with Crippen LogP contribution in [0, 0.1) is 11.8 Å². The highest BCUT2D eigenvalue weighted by Gasteiger charge is 2.22. The summed E-state index contributed by atoms with van der Waals surface area (Å²) >= 11 is 0. The zero-order valence-corrected chi connectivity index (χ0v) is 12.4. The predicted molar refractivity (Wildman–Crippen MR) is 73.7 cm³/mol. The van der Waals surface area contributed by atoms with Gasteiger partial charge in [0.15, 0.2) is 0 Å². The Morgan fingerprint density at radius 2 is 1.65 bits per heavy atom. The largest absolute Gasteiger partial charge is 0.343 e. The quantitative estimate of drug-likeness (QED) is 0.746. The second-order valence-electron chi connectivity index (χ2n) is 5.74. The first-order chi connectivity index (χ1) is 7.77. The SMILES string of the molecule is CC(N)CCCC(C)C(=O)N(C)C(C)C(C)C. The van der Waals surface area contributed by atoms with Crippen molar-refractivity contribution in [1.29, 1.82) is 0 Å². The van der Waals surface area contributed by atoms with Gasteiger partial charge in [-0.2, -0.15) is 0 Å². The molecule has 0 aliphatic rings. The highest BCUT2D eigenvalue weighted by atomic mass is 16.2. The third-order valence-corrected chi connectivity index (χ3v) is 3.64. The molecule has 0 rings (SSSR count). The zero-order valence-electron chi connectivity index (χ0n) is 12.4. The van der Waals surface area contributed by atoms with Gasteiger partial charge < -0.3 is 10.6 Å². The van der Waals surface area contributed by atoms with Gasteiger partial charge in [-0.15, -0.1) is 0 Å². The van der Waals surface area contributed by atoms with Crippen molar-refractivity contribution >= 4 is 5.91 Å². The van der Waals surface area contributed by atoms with Crippen molar-refractivity contribution in [1.82, 2.24) is 4.90 Å². The molecule has 0 saturated carbocycles. The van der Waals surface area contributed by atoms with Gasteiger partial charge in [-0.05, 0) is 32.6 Å². The van der Waals surface area contributed by atoms with E-state index < -0.39 is 0 Å². The molecule has 2 N–H and O–H groups in total. The number of hydrogen-bond acceptors (Lipinski definition) is 2. The molecule has 0 aromatic heterocycles. The molecule has 0 aromatic rings. The topological polar surface area (TPSA) is 46.3 Å². The minimum Gasteiger partial charge on any atom is -0.343 e. The number of nitrogens with two attached hydrogens (primary N) is 1. The Labute approximate surface area is 107 Å². The molecule has 0 fully saturated rings. The number of rotatable bonds is 7. The van der Waals surface area contributed by atoms with Crippen molar-refractivity contribution in [3.05, 3.63) is 0 Å².